The number of piperidine rings is 1. The standard InChI is InChI=1S/C23H26N4O3S/c1-17-4-2-3-15-27(17)31(29,30)20-8-5-18(6-9-20)11-12-26-23(28)19-7-10-21-22(16-19)25-14-13-24-21/h5-10,13-14,16-17H,2-4,11-12,15H2,1H3,(H,26,28). The lowest BCUT2D eigenvalue weighted by Crippen LogP contribution is -2.41. The van der Waals surface area contributed by atoms with Crippen LogP contribution in [0.4, 0.5) is 0 Å². The molecule has 7 nitrogen and oxygen atoms in total. The molecular weight excluding hydrogens is 412 g/mol. The highest BCUT2D eigenvalue weighted by atomic mass is 32.2. The number of rotatable bonds is 6. The molecule has 1 N–H and O–H groups in total. The number of amides is 1. The molecule has 1 saturated heterocycles. The molecule has 0 spiro atoms. The molecule has 0 saturated carbocycles. The van der Waals surface area contributed by atoms with Crippen molar-refractivity contribution in [3.8, 4) is 0 Å². The Hall–Kier alpha value is -2.84. The summed E-state index contributed by atoms with van der Waals surface area (Å²) in [4.78, 5) is 21.2. The largest absolute Gasteiger partial charge is 0.352 e. The first kappa shape index (κ1) is 21.4. The lowest BCUT2D eigenvalue weighted by atomic mass is 10.1. The Balaban J connectivity index is 1.35. The number of aromatic nitrogens is 2. The van der Waals surface area contributed by atoms with Crippen LogP contribution >= 0.6 is 0 Å². The van der Waals surface area contributed by atoms with Crippen molar-refractivity contribution >= 4 is 27.0 Å². The predicted molar refractivity (Wildman–Crippen MR) is 119 cm³/mol. The number of carbonyl (C=O) groups excluding carboxylic acids is 1. The lowest BCUT2D eigenvalue weighted by Gasteiger charge is -2.32. The minimum atomic E-state index is -3.46. The van der Waals surface area contributed by atoms with Gasteiger partial charge in [0.1, 0.15) is 0 Å². The molecule has 1 aliphatic rings. The molecule has 1 amide bonds. The van der Waals surface area contributed by atoms with Gasteiger partial charge in [-0.2, -0.15) is 4.31 Å². The van der Waals surface area contributed by atoms with E-state index in [1.165, 1.54) is 0 Å². The summed E-state index contributed by atoms with van der Waals surface area (Å²) in [7, 11) is -3.46. The Morgan fingerprint density at radius 3 is 2.55 bits per heavy atom. The van der Waals surface area contributed by atoms with Crippen molar-refractivity contribution in [1.29, 1.82) is 0 Å². The monoisotopic (exact) mass is 438 g/mol. The Morgan fingerprint density at radius 2 is 1.81 bits per heavy atom. The molecule has 1 aliphatic heterocycles. The number of benzene rings is 2. The molecule has 0 radical (unpaired) electrons. The van der Waals surface area contributed by atoms with Gasteiger partial charge in [0.15, 0.2) is 0 Å². The van der Waals surface area contributed by atoms with E-state index in [2.05, 4.69) is 15.3 Å². The van der Waals surface area contributed by atoms with Gasteiger partial charge < -0.3 is 5.32 Å². The second-order valence-corrected chi connectivity index (χ2v) is 9.76. The Labute approximate surface area is 182 Å². The smallest absolute Gasteiger partial charge is 0.251 e. The Kier molecular flexibility index (Phi) is 6.29. The van der Waals surface area contributed by atoms with Crippen molar-refractivity contribution in [3.05, 3.63) is 66.0 Å². The highest BCUT2D eigenvalue weighted by Crippen LogP contribution is 2.25. The molecule has 4 rings (SSSR count). The molecule has 3 aromatic rings. The molecule has 31 heavy (non-hydrogen) atoms. The molecule has 0 aliphatic carbocycles. The molecule has 2 aromatic carbocycles. The second kappa shape index (κ2) is 9.11. The quantitative estimate of drug-likeness (QED) is 0.638. The maximum Gasteiger partial charge on any atom is 0.251 e. The molecule has 162 valence electrons. The molecule has 1 aromatic heterocycles. The summed E-state index contributed by atoms with van der Waals surface area (Å²) in [6.45, 7) is 3.00. The predicted octanol–water partition coefficient (Wildman–Crippen LogP) is 3.17. The highest BCUT2D eigenvalue weighted by molar-refractivity contribution is 7.89. The van der Waals surface area contributed by atoms with E-state index in [9.17, 15) is 13.2 Å². The fraction of sp³-hybridized carbons (Fsp3) is 0.348. The van der Waals surface area contributed by atoms with Gasteiger partial charge in [-0.1, -0.05) is 18.6 Å². The summed E-state index contributed by atoms with van der Waals surface area (Å²) in [6.07, 6.45) is 6.71. The van der Waals surface area contributed by atoms with Crippen LogP contribution in [0.25, 0.3) is 11.0 Å². The van der Waals surface area contributed by atoms with Crippen LogP contribution in [-0.4, -0.2) is 47.7 Å². The van der Waals surface area contributed by atoms with Gasteiger partial charge in [-0.3, -0.25) is 14.8 Å². The average Bonchev–Trinajstić information content (AvgIpc) is 2.79. The normalized spacial score (nSPS) is 17.5. The summed E-state index contributed by atoms with van der Waals surface area (Å²) in [5.74, 6) is -0.175. The molecule has 2 heterocycles. The zero-order chi connectivity index (χ0) is 21.8. The SMILES string of the molecule is CC1CCCCN1S(=O)(=O)c1ccc(CCNC(=O)c2ccc3nccnc3c2)cc1. The van der Waals surface area contributed by atoms with E-state index in [4.69, 9.17) is 0 Å². The van der Waals surface area contributed by atoms with Crippen LogP contribution in [-0.2, 0) is 16.4 Å². The van der Waals surface area contributed by atoms with Crippen molar-refractivity contribution in [2.45, 2.75) is 43.5 Å². The third-order valence-corrected chi connectivity index (χ3v) is 7.73. The average molecular weight is 439 g/mol. The minimum Gasteiger partial charge on any atom is -0.352 e. The first-order valence-corrected chi connectivity index (χ1v) is 12.0. The van der Waals surface area contributed by atoms with Crippen molar-refractivity contribution in [2.75, 3.05) is 13.1 Å². The summed E-state index contributed by atoms with van der Waals surface area (Å²) in [6, 6.07) is 12.2. The number of nitrogens with one attached hydrogen (secondary N) is 1. The van der Waals surface area contributed by atoms with Gasteiger partial charge in [0.25, 0.3) is 5.91 Å². The summed E-state index contributed by atoms with van der Waals surface area (Å²) in [5, 5.41) is 2.90. The van der Waals surface area contributed by atoms with Crippen LogP contribution in [0.3, 0.4) is 0 Å². The molecular formula is C23H26N4O3S. The molecule has 1 atom stereocenters. The number of hydrogen-bond donors (Lipinski definition) is 1. The summed E-state index contributed by atoms with van der Waals surface area (Å²) in [5.41, 5.74) is 2.92. The maximum atomic E-state index is 12.9. The summed E-state index contributed by atoms with van der Waals surface area (Å²) >= 11 is 0. The third-order valence-electron chi connectivity index (χ3n) is 5.70. The van der Waals surface area contributed by atoms with Gasteiger partial charge in [-0.25, -0.2) is 8.42 Å². The Morgan fingerprint density at radius 1 is 1.06 bits per heavy atom. The van der Waals surface area contributed by atoms with Crippen molar-refractivity contribution in [2.24, 2.45) is 0 Å². The second-order valence-electron chi connectivity index (χ2n) is 7.87. The fourth-order valence-electron chi connectivity index (χ4n) is 3.92. The van der Waals surface area contributed by atoms with Gasteiger partial charge in [-0.15, -0.1) is 0 Å². The van der Waals surface area contributed by atoms with Crippen LogP contribution in [0.5, 0.6) is 0 Å². The number of sulfonamides is 1. The van der Waals surface area contributed by atoms with E-state index in [1.807, 2.05) is 19.1 Å². The topological polar surface area (TPSA) is 92.3 Å². The van der Waals surface area contributed by atoms with Gasteiger partial charge in [0.05, 0.1) is 15.9 Å². The zero-order valence-electron chi connectivity index (χ0n) is 17.5. The van der Waals surface area contributed by atoms with Crippen LogP contribution in [0.1, 0.15) is 42.1 Å². The zero-order valence-corrected chi connectivity index (χ0v) is 18.3. The molecule has 8 heteroatoms. The van der Waals surface area contributed by atoms with Crippen LogP contribution < -0.4 is 5.32 Å². The van der Waals surface area contributed by atoms with Gasteiger partial charge >= 0.3 is 0 Å². The lowest BCUT2D eigenvalue weighted by molar-refractivity contribution is 0.0954. The number of nitrogens with zero attached hydrogens (tertiary/aromatic N) is 3. The minimum absolute atomic E-state index is 0.0368. The van der Waals surface area contributed by atoms with E-state index in [0.717, 1.165) is 30.3 Å². The van der Waals surface area contributed by atoms with E-state index < -0.39 is 10.0 Å². The van der Waals surface area contributed by atoms with Gasteiger partial charge in [-0.05, 0) is 62.1 Å². The number of hydrogen-bond acceptors (Lipinski definition) is 5. The van der Waals surface area contributed by atoms with E-state index in [0.29, 0.717) is 35.5 Å². The van der Waals surface area contributed by atoms with E-state index >= 15 is 0 Å². The van der Waals surface area contributed by atoms with E-state index in [-0.39, 0.29) is 11.9 Å². The highest BCUT2D eigenvalue weighted by Gasteiger charge is 2.30. The van der Waals surface area contributed by atoms with Gasteiger partial charge in [0, 0.05) is 37.1 Å². The molecule has 0 bridgehead atoms. The first-order chi connectivity index (χ1) is 14.9. The van der Waals surface area contributed by atoms with E-state index in [1.54, 1.807) is 47.0 Å². The molecule has 1 unspecified atom stereocenters. The molecule has 1 fully saturated rings. The van der Waals surface area contributed by atoms with Crippen LogP contribution in [0.15, 0.2) is 59.8 Å². The van der Waals surface area contributed by atoms with Crippen LogP contribution in [0.2, 0.25) is 0 Å². The fourth-order valence-corrected chi connectivity index (χ4v) is 5.62. The third kappa shape index (κ3) is 4.75. The van der Waals surface area contributed by atoms with Crippen molar-refractivity contribution < 1.29 is 13.2 Å². The Bertz CT molecular complexity index is 1180. The van der Waals surface area contributed by atoms with Crippen LogP contribution in [0, 0.1) is 0 Å². The van der Waals surface area contributed by atoms with Crippen molar-refractivity contribution in [1.82, 2.24) is 19.6 Å². The van der Waals surface area contributed by atoms with Crippen molar-refractivity contribution in [3.63, 3.8) is 0 Å². The maximum absolute atomic E-state index is 12.9. The summed E-state index contributed by atoms with van der Waals surface area (Å²) < 4.78 is 27.5. The number of carbonyl (C=O) groups is 1. The first-order valence-electron chi connectivity index (χ1n) is 10.5. The number of fused-ring (bicyclic) bond motifs is 1. The van der Waals surface area contributed by atoms with Gasteiger partial charge in [0.2, 0.25) is 10.0 Å².